The minimum atomic E-state index is 0.0582. The van der Waals surface area contributed by atoms with Gasteiger partial charge in [0.1, 0.15) is 5.82 Å². The van der Waals surface area contributed by atoms with E-state index in [1.54, 1.807) is 0 Å². The highest BCUT2D eigenvalue weighted by Gasteiger charge is 2.20. The van der Waals surface area contributed by atoms with Gasteiger partial charge < -0.3 is 4.57 Å². The quantitative estimate of drug-likeness (QED) is 0.708. The number of fused-ring (bicyclic) bond motifs is 1. The molecule has 15 heavy (non-hydrogen) atoms. The second kappa shape index (κ2) is 3.34. The summed E-state index contributed by atoms with van der Waals surface area (Å²) >= 11 is 3.59. The highest BCUT2D eigenvalue weighted by atomic mass is 79.9. The molecule has 0 unspecified atom stereocenters. The number of aryl methyl sites for hydroxylation is 1. The Hall–Kier alpha value is -0.830. The lowest BCUT2D eigenvalue weighted by Gasteiger charge is -2.24. The topological polar surface area (TPSA) is 17.8 Å². The molecular formula is C12H15BrN2. The van der Waals surface area contributed by atoms with Gasteiger partial charge in [-0.15, -0.1) is 0 Å². The van der Waals surface area contributed by atoms with E-state index in [4.69, 9.17) is 0 Å². The summed E-state index contributed by atoms with van der Waals surface area (Å²) in [5, 5.41) is 0. The van der Waals surface area contributed by atoms with Crippen molar-refractivity contribution in [3.8, 4) is 0 Å². The lowest BCUT2D eigenvalue weighted by molar-refractivity contribution is 0.399. The van der Waals surface area contributed by atoms with E-state index < -0.39 is 0 Å². The Labute approximate surface area is 98.4 Å². The molecule has 3 heteroatoms. The fraction of sp³-hybridized carbons (Fsp3) is 0.417. The van der Waals surface area contributed by atoms with Crippen LogP contribution >= 0.6 is 15.9 Å². The fourth-order valence-electron chi connectivity index (χ4n) is 2.02. The van der Waals surface area contributed by atoms with Crippen molar-refractivity contribution in [2.24, 2.45) is 0 Å². The molecule has 0 bridgehead atoms. The molecule has 2 aromatic rings. The van der Waals surface area contributed by atoms with Crippen molar-refractivity contribution in [1.82, 2.24) is 9.55 Å². The van der Waals surface area contributed by atoms with Crippen LogP contribution in [0.15, 0.2) is 22.7 Å². The third kappa shape index (κ3) is 1.69. The molecule has 0 fully saturated rings. The van der Waals surface area contributed by atoms with Gasteiger partial charge in [-0.25, -0.2) is 4.98 Å². The second-order valence-electron chi connectivity index (χ2n) is 4.77. The molecule has 0 saturated carbocycles. The van der Waals surface area contributed by atoms with Crippen LogP contribution in [0.5, 0.6) is 0 Å². The average molecular weight is 267 g/mol. The van der Waals surface area contributed by atoms with Crippen molar-refractivity contribution < 1.29 is 0 Å². The SMILES string of the molecule is Cc1nc2cccc(Br)c2n1C(C)(C)C. The first-order valence-electron chi connectivity index (χ1n) is 5.05. The normalized spacial score (nSPS) is 12.3. The van der Waals surface area contributed by atoms with Gasteiger partial charge in [-0.3, -0.25) is 0 Å². The molecule has 0 saturated heterocycles. The molecule has 0 N–H and O–H groups in total. The zero-order chi connectivity index (χ0) is 11.2. The Morgan fingerprint density at radius 2 is 1.93 bits per heavy atom. The molecule has 0 aliphatic heterocycles. The first-order chi connectivity index (χ1) is 6.91. The van der Waals surface area contributed by atoms with Crippen LogP contribution in [0.4, 0.5) is 0 Å². The van der Waals surface area contributed by atoms with Gasteiger partial charge in [0.25, 0.3) is 0 Å². The number of benzene rings is 1. The maximum absolute atomic E-state index is 4.57. The molecule has 1 aromatic carbocycles. The summed E-state index contributed by atoms with van der Waals surface area (Å²) < 4.78 is 3.38. The van der Waals surface area contributed by atoms with Crippen molar-refractivity contribution in [3.63, 3.8) is 0 Å². The smallest absolute Gasteiger partial charge is 0.107 e. The molecule has 1 aromatic heterocycles. The van der Waals surface area contributed by atoms with Crippen LogP contribution in [0, 0.1) is 6.92 Å². The lowest BCUT2D eigenvalue weighted by atomic mass is 10.1. The van der Waals surface area contributed by atoms with Gasteiger partial charge in [0.05, 0.1) is 11.0 Å². The Balaban J connectivity index is 2.89. The third-order valence-corrected chi connectivity index (χ3v) is 3.11. The fourth-order valence-corrected chi connectivity index (χ4v) is 2.56. The van der Waals surface area contributed by atoms with Gasteiger partial charge in [-0.1, -0.05) is 6.07 Å². The summed E-state index contributed by atoms with van der Waals surface area (Å²) in [6.45, 7) is 8.64. The maximum Gasteiger partial charge on any atom is 0.107 e. The number of hydrogen-bond acceptors (Lipinski definition) is 1. The van der Waals surface area contributed by atoms with Crippen LogP contribution in [-0.4, -0.2) is 9.55 Å². The summed E-state index contributed by atoms with van der Waals surface area (Å²) in [7, 11) is 0. The first kappa shape index (κ1) is 10.7. The summed E-state index contributed by atoms with van der Waals surface area (Å²) in [4.78, 5) is 4.57. The van der Waals surface area contributed by atoms with E-state index in [0.717, 1.165) is 15.8 Å². The van der Waals surface area contributed by atoms with E-state index >= 15 is 0 Å². The molecule has 80 valence electrons. The van der Waals surface area contributed by atoms with E-state index in [2.05, 4.69) is 65.3 Å². The molecule has 2 rings (SSSR count). The molecule has 0 aliphatic rings. The van der Waals surface area contributed by atoms with Crippen molar-refractivity contribution in [2.75, 3.05) is 0 Å². The number of imidazole rings is 1. The number of aromatic nitrogens is 2. The molecule has 0 aliphatic carbocycles. The maximum atomic E-state index is 4.57. The van der Waals surface area contributed by atoms with Crippen molar-refractivity contribution in [2.45, 2.75) is 33.2 Å². The molecule has 0 spiro atoms. The minimum Gasteiger partial charge on any atom is -0.322 e. The predicted octanol–water partition coefficient (Wildman–Crippen LogP) is 3.86. The van der Waals surface area contributed by atoms with E-state index in [1.807, 2.05) is 6.07 Å². The summed E-state index contributed by atoms with van der Waals surface area (Å²) in [6.07, 6.45) is 0. The standard InChI is InChI=1S/C12H15BrN2/c1-8-14-10-7-5-6-9(13)11(10)15(8)12(2,3)4/h5-7H,1-4H3. The van der Waals surface area contributed by atoms with Crippen molar-refractivity contribution in [3.05, 3.63) is 28.5 Å². The molecular weight excluding hydrogens is 252 g/mol. The zero-order valence-corrected chi connectivity index (χ0v) is 11.1. The Kier molecular flexibility index (Phi) is 2.38. The number of hydrogen-bond donors (Lipinski definition) is 0. The average Bonchev–Trinajstić information content (AvgIpc) is 2.41. The largest absolute Gasteiger partial charge is 0.322 e. The van der Waals surface area contributed by atoms with Gasteiger partial charge >= 0.3 is 0 Å². The molecule has 0 atom stereocenters. The van der Waals surface area contributed by atoms with E-state index in [9.17, 15) is 0 Å². The highest BCUT2D eigenvalue weighted by Crippen LogP contribution is 2.29. The van der Waals surface area contributed by atoms with Gasteiger partial charge in [-0.05, 0) is 55.8 Å². The number of para-hydroxylation sites is 1. The van der Waals surface area contributed by atoms with Gasteiger partial charge in [0, 0.05) is 10.0 Å². The Morgan fingerprint density at radius 1 is 1.27 bits per heavy atom. The van der Waals surface area contributed by atoms with Crippen molar-refractivity contribution in [1.29, 1.82) is 0 Å². The summed E-state index contributed by atoms with van der Waals surface area (Å²) in [6, 6.07) is 6.13. The molecule has 0 amide bonds. The zero-order valence-electron chi connectivity index (χ0n) is 9.50. The number of nitrogens with zero attached hydrogens (tertiary/aromatic N) is 2. The molecule has 0 radical (unpaired) electrons. The third-order valence-electron chi connectivity index (χ3n) is 2.47. The van der Waals surface area contributed by atoms with E-state index in [-0.39, 0.29) is 5.54 Å². The van der Waals surface area contributed by atoms with Crippen LogP contribution in [0.25, 0.3) is 11.0 Å². The first-order valence-corrected chi connectivity index (χ1v) is 5.84. The van der Waals surface area contributed by atoms with Gasteiger partial charge in [0.2, 0.25) is 0 Å². The van der Waals surface area contributed by atoms with Crippen LogP contribution < -0.4 is 0 Å². The van der Waals surface area contributed by atoms with Crippen LogP contribution in [0.2, 0.25) is 0 Å². The minimum absolute atomic E-state index is 0.0582. The predicted molar refractivity (Wildman–Crippen MR) is 67.2 cm³/mol. The molecule has 2 nitrogen and oxygen atoms in total. The Bertz CT molecular complexity index is 506. The second-order valence-corrected chi connectivity index (χ2v) is 5.63. The van der Waals surface area contributed by atoms with Crippen LogP contribution in [-0.2, 0) is 5.54 Å². The van der Waals surface area contributed by atoms with E-state index in [0.29, 0.717) is 0 Å². The van der Waals surface area contributed by atoms with Gasteiger partial charge in [0.15, 0.2) is 0 Å². The summed E-state index contributed by atoms with van der Waals surface area (Å²) in [5.41, 5.74) is 2.29. The van der Waals surface area contributed by atoms with Gasteiger partial charge in [-0.2, -0.15) is 0 Å². The lowest BCUT2D eigenvalue weighted by Crippen LogP contribution is -2.23. The Morgan fingerprint density at radius 3 is 2.53 bits per heavy atom. The number of rotatable bonds is 0. The number of halogens is 1. The highest BCUT2D eigenvalue weighted by molar-refractivity contribution is 9.10. The van der Waals surface area contributed by atoms with Crippen LogP contribution in [0.3, 0.4) is 0 Å². The monoisotopic (exact) mass is 266 g/mol. The van der Waals surface area contributed by atoms with Crippen molar-refractivity contribution >= 4 is 27.0 Å². The van der Waals surface area contributed by atoms with E-state index in [1.165, 1.54) is 5.52 Å². The molecule has 1 heterocycles. The summed E-state index contributed by atoms with van der Waals surface area (Å²) in [5.74, 6) is 1.06. The van der Waals surface area contributed by atoms with Crippen LogP contribution in [0.1, 0.15) is 26.6 Å².